The minimum absolute atomic E-state index is 0.0222. The molecule has 0 aromatic heterocycles. The lowest BCUT2D eigenvalue weighted by Gasteiger charge is -2.21. The lowest BCUT2D eigenvalue weighted by Crippen LogP contribution is -2.29. The highest BCUT2D eigenvalue weighted by Gasteiger charge is 2.32. The first-order valence-corrected chi connectivity index (χ1v) is 5.77. The van der Waals surface area contributed by atoms with E-state index in [1.165, 1.54) is 6.07 Å². The maximum Gasteiger partial charge on any atom is 0.416 e. The molecule has 18 heavy (non-hydrogen) atoms. The largest absolute Gasteiger partial charge is 0.416 e. The summed E-state index contributed by atoms with van der Waals surface area (Å²) in [5.41, 5.74) is 5.13. The van der Waals surface area contributed by atoms with Gasteiger partial charge in [-0.2, -0.15) is 13.2 Å². The van der Waals surface area contributed by atoms with Crippen LogP contribution in [0.1, 0.15) is 30.1 Å². The molecule has 1 heterocycles. The summed E-state index contributed by atoms with van der Waals surface area (Å²) in [5.74, 6) is 0. The number of nitrogens with two attached hydrogens (primary N) is 1. The van der Waals surface area contributed by atoms with Gasteiger partial charge in [-0.15, -0.1) is 0 Å². The Kier molecular flexibility index (Phi) is 3.49. The molecule has 4 N–H and O–H groups in total. The molecule has 2 atom stereocenters. The smallest absolute Gasteiger partial charge is 0.398 e. The first-order valence-electron chi connectivity index (χ1n) is 5.77. The molecule has 0 saturated carbocycles. The molecular formula is C12H15F3N2O. The fraction of sp³-hybridized carbons (Fsp3) is 0.500. The van der Waals surface area contributed by atoms with Gasteiger partial charge in [-0.1, -0.05) is 6.07 Å². The average Bonchev–Trinajstić information content (AvgIpc) is 2.80. The number of nitrogen functional groups attached to an aromatic ring is 1. The van der Waals surface area contributed by atoms with Crippen molar-refractivity contribution in [3.05, 3.63) is 29.3 Å². The van der Waals surface area contributed by atoms with E-state index in [0.29, 0.717) is 5.56 Å². The van der Waals surface area contributed by atoms with Crippen molar-refractivity contribution in [1.82, 2.24) is 5.32 Å². The molecule has 2 rings (SSSR count). The number of halogens is 3. The van der Waals surface area contributed by atoms with Crippen LogP contribution in [0.4, 0.5) is 18.9 Å². The zero-order valence-corrected chi connectivity index (χ0v) is 9.67. The molecule has 1 saturated heterocycles. The lowest BCUT2D eigenvalue weighted by molar-refractivity contribution is -0.137. The summed E-state index contributed by atoms with van der Waals surface area (Å²) in [6, 6.07) is 2.93. The van der Waals surface area contributed by atoms with Gasteiger partial charge in [0.1, 0.15) is 0 Å². The maximum atomic E-state index is 12.5. The van der Waals surface area contributed by atoms with Crippen LogP contribution in [-0.2, 0) is 6.18 Å². The van der Waals surface area contributed by atoms with Crippen molar-refractivity contribution >= 4 is 5.69 Å². The third-order valence-electron chi connectivity index (χ3n) is 3.21. The van der Waals surface area contributed by atoms with Crippen molar-refractivity contribution in [2.75, 3.05) is 12.3 Å². The molecule has 100 valence electrons. The molecule has 0 bridgehead atoms. The van der Waals surface area contributed by atoms with Crippen molar-refractivity contribution in [3.8, 4) is 0 Å². The van der Waals surface area contributed by atoms with E-state index in [1.807, 2.05) is 0 Å². The Morgan fingerprint density at radius 1 is 1.39 bits per heavy atom. The molecule has 1 aromatic carbocycles. The van der Waals surface area contributed by atoms with Crippen LogP contribution in [0.5, 0.6) is 0 Å². The molecule has 6 heteroatoms. The van der Waals surface area contributed by atoms with Gasteiger partial charge in [0.2, 0.25) is 0 Å². The van der Waals surface area contributed by atoms with E-state index in [9.17, 15) is 18.3 Å². The van der Waals surface area contributed by atoms with Gasteiger partial charge in [-0.25, -0.2) is 0 Å². The molecule has 0 aliphatic carbocycles. The Hall–Kier alpha value is -1.27. The van der Waals surface area contributed by atoms with Gasteiger partial charge < -0.3 is 16.2 Å². The Bertz CT molecular complexity index is 428. The highest BCUT2D eigenvalue weighted by Crippen LogP contribution is 2.34. The fourth-order valence-corrected chi connectivity index (χ4v) is 2.22. The highest BCUT2D eigenvalue weighted by atomic mass is 19.4. The minimum Gasteiger partial charge on any atom is -0.398 e. The third kappa shape index (κ3) is 2.59. The van der Waals surface area contributed by atoms with Crippen molar-refractivity contribution in [2.24, 2.45) is 0 Å². The monoisotopic (exact) mass is 260 g/mol. The van der Waals surface area contributed by atoms with Gasteiger partial charge in [0.25, 0.3) is 0 Å². The summed E-state index contributed by atoms with van der Waals surface area (Å²) >= 11 is 0. The SMILES string of the molecule is Nc1cc(C(F)(F)F)ccc1C(O)C1CCCN1. The number of alkyl halides is 3. The summed E-state index contributed by atoms with van der Waals surface area (Å²) in [6.07, 6.45) is -3.54. The van der Waals surface area contributed by atoms with Gasteiger partial charge in [-0.3, -0.25) is 0 Å². The van der Waals surface area contributed by atoms with E-state index in [0.717, 1.165) is 31.5 Å². The minimum atomic E-state index is -4.41. The van der Waals surface area contributed by atoms with Crippen LogP contribution in [0.15, 0.2) is 18.2 Å². The Morgan fingerprint density at radius 3 is 2.61 bits per heavy atom. The zero-order chi connectivity index (χ0) is 13.3. The standard InChI is InChI=1S/C12H15F3N2O/c13-12(14,15)7-3-4-8(9(16)6-7)11(18)10-2-1-5-17-10/h3-4,6,10-11,17-18H,1-2,5,16H2. The topological polar surface area (TPSA) is 58.3 Å². The van der Waals surface area contributed by atoms with Crippen molar-refractivity contribution in [2.45, 2.75) is 31.2 Å². The van der Waals surface area contributed by atoms with Gasteiger partial charge in [0, 0.05) is 17.3 Å². The lowest BCUT2D eigenvalue weighted by atomic mass is 9.98. The Labute approximate surface area is 103 Å². The molecule has 1 aliphatic rings. The second-order valence-corrected chi connectivity index (χ2v) is 4.49. The van der Waals surface area contributed by atoms with Crippen LogP contribution in [-0.4, -0.2) is 17.7 Å². The second kappa shape index (κ2) is 4.78. The second-order valence-electron chi connectivity index (χ2n) is 4.49. The van der Waals surface area contributed by atoms with Crippen molar-refractivity contribution in [1.29, 1.82) is 0 Å². The number of nitrogens with one attached hydrogen (secondary N) is 1. The summed E-state index contributed by atoms with van der Waals surface area (Å²) in [7, 11) is 0. The molecule has 1 fully saturated rings. The predicted molar refractivity (Wildman–Crippen MR) is 61.8 cm³/mol. The van der Waals surface area contributed by atoms with Crippen LogP contribution < -0.4 is 11.1 Å². The van der Waals surface area contributed by atoms with Gasteiger partial charge in [0.05, 0.1) is 11.7 Å². The molecule has 2 unspecified atom stereocenters. The van der Waals surface area contributed by atoms with E-state index >= 15 is 0 Å². The van der Waals surface area contributed by atoms with Crippen LogP contribution in [0.25, 0.3) is 0 Å². The van der Waals surface area contributed by atoms with Crippen molar-refractivity contribution < 1.29 is 18.3 Å². The molecule has 0 spiro atoms. The number of hydrogen-bond acceptors (Lipinski definition) is 3. The van der Waals surface area contributed by atoms with Crippen molar-refractivity contribution in [3.63, 3.8) is 0 Å². The molecule has 3 nitrogen and oxygen atoms in total. The Balaban J connectivity index is 2.24. The van der Waals surface area contributed by atoms with Gasteiger partial charge >= 0.3 is 6.18 Å². The quantitative estimate of drug-likeness (QED) is 0.713. The number of benzene rings is 1. The van der Waals surface area contributed by atoms with E-state index < -0.39 is 17.8 Å². The average molecular weight is 260 g/mol. The van der Waals surface area contributed by atoms with Crippen LogP contribution >= 0.6 is 0 Å². The summed E-state index contributed by atoms with van der Waals surface area (Å²) < 4.78 is 37.4. The molecule has 1 aliphatic heterocycles. The predicted octanol–water partition coefficient (Wildman–Crippen LogP) is 2.07. The zero-order valence-electron chi connectivity index (χ0n) is 9.67. The summed E-state index contributed by atoms with van der Waals surface area (Å²) in [4.78, 5) is 0. The van der Waals surface area contributed by atoms with E-state index in [1.54, 1.807) is 0 Å². The van der Waals surface area contributed by atoms with E-state index in [2.05, 4.69) is 5.32 Å². The number of aliphatic hydroxyl groups excluding tert-OH is 1. The fourth-order valence-electron chi connectivity index (χ4n) is 2.22. The number of aliphatic hydroxyl groups is 1. The number of hydrogen-bond donors (Lipinski definition) is 3. The van der Waals surface area contributed by atoms with Gasteiger partial charge in [-0.05, 0) is 31.5 Å². The molecular weight excluding hydrogens is 245 g/mol. The van der Waals surface area contributed by atoms with E-state index in [-0.39, 0.29) is 11.7 Å². The third-order valence-corrected chi connectivity index (χ3v) is 3.21. The molecule has 1 aromatic rings. The van der Waals surface area contributed by atoms with Crippen LogP contribution in [0.2, 0.25) is 0 Å². The molecule has 0 radical (unpaired) electrons. The highest BCUT2D eigenvalue weighted by molar-refractivity contribution is 5.51. The number of anilines is 1. The van der Waals surface area contributed by atoms with Crippen LogP contribution in [0, 0.1) is 0 Å². The maximum absolute atomic E-state index is 12.5. The Morgan fingerprint density at radius 2 is 2.11 bits per heavy atom. The van der Waals surface area contributed by atoms with Gasteiger partial charge in [0.15, 0.2) is 0 Å². The van der Waals surface area contributed by atoms with Crippen LogP contribution in [0.3, 0.4) is 0 Å². The first kappa shape index (κ1) is 13.2. The molecule has 0 amide bonds. The number of rotatable bonds is 2. The first-order chi connectivity index (χ1) is 8.39. The summed E-state index contributed by atoms with van der Waals surface area (Å²) in [5, 5.41) is 13.2. The summed E-state index contributed by atoms with van der Waals surface area (Å²) in [6.45, 7) is 0.808. The normalized spacial score (nSPS) is 22.1. The van der Waals surface area contributed by atoms with E-state index in [4.69, 9.17) is 5.73 Å².